The molecule has 0 aromatic carbocycles. The summed E-state index contributed by atoms with van der Waals surface area (Å²) in [5.41, 5.74) is 0. The molecule has 0 aromatic heterocycles. The lowest BCUT2D eigenvalue weighted by molar-refractivity contribution is -0.120. The Hall–Kier alpha value is -1.14. The molecule has 6 nitrogen and oxygen atoms in total. The summed E-state index contributed by atoms with van der Waals surface area (Å²) in [5.74, 6) is 0.454. The Morgan fingerprint density at radius 2 is 2.11 bits per heavy atom. The monoisotopic (exact) mass is 256 g/mol. The molecule has 1 rings (SSSR count). The molecule has 0 saturated carbocycles. The zero-order chi connectivity index (χ0) is 13.4. The maximum Gasteiger partial charge on any atom is 0.321 e. The fourth-order valence-electron chi connectivity index (χ4n) is 2.32. The van der Waals surface area contributed by atoms with E-state index in [1.165, 1.54) is 19.9 Å². The van der Waals surface area contributed by atoms with Gasteiger partial charge in [0.25, 0.3) is 0 Å². The van der Waals surface area contributed by atoms with Gasteiger partial charge < -0.3 is 15.5 Å². The van der Waals surface area contributed by atoms with Crippen LogP contribution in [0.4, 0.5) is 4.79 Å². The molecule has 1 heterocycles. The van der Waals surface area contributed by atoms with E-state index in [1.54, 1.807) is 0 Å². The summed E-state index contributed by atoms with van der Waals surface area (Å²) >= 11 is 0. The first kappa shape index (κ1) is 14.9. The highest BCUT2D eigenvalue weighted by Crippen LogP contribution is 2.15. The first-order valence-electron chi connectivity index (χ1n) is 6.54. The number of amides is 3. The third kappa shape index (κ3) is 5.46. The first-order valence-corrected chi connectivity index (χ1v) is 6.54. The first-order chi connectivity index (χ1) is 8.65. The molecule has 0 aliphatic carbocycles. The summed E-state index contributed by atoms with van der Waals surface area (Å²) < 4.78 is 0. The number of nitrogens with one attached hydrogen (secondary N) is 3. The van der Waals surface area contributed by atoms with Gasteiger partial charge in [-0.05, 0) is 38.9 Å². The zero-order valence-electron chi connectivity index (χ0n) is 11.3. The Labute approximate surface area is 108 Å². The Bertz CT molecular complexity index is 281. The number of imide groups is 1. The van der Waals surface area contributed by atoms with Gasteiger partial charge in [-0.2, -0.15) is 0 Å². The van der Waals surface area contributed by atoms with Crippen molar-refractivity contribution in [1.29, 1.82) is 0 Å². The maximum absolute atomic E-state index is 11.5. The predicted molar refractivity (Wildman–Crippen MR) is 70.3 cm³/mol. The SMILES string of the molecule is CNCC1CCCN(CCC(=O)NC(=O)NC)C1. The van der Waals surface area contributed by atoms with E-state index in [-0.39, 0.29) is 5.91 Å². The van der Waals surface area contributed by atoms with Crippen LogP contribution < -0.4 is 16.0 Å². The molecule has 3 amide bonds. The van der Waals surface area contributed by atoms with Crippen molar-refractivity contribution in [3.63, 3.8) is 0 Å². The summed E-state index contributed by atoms with van der Waals surface area (Å²) in [7, 11) is 3.46. The van der Waals surface area contributed by atoms with Crippen LogP contribution in [0.25, 0.3) is 0 Å². The van der Waals surface area contributed by atoms with Crippen molar-refractivity contribution in [3.05, 3.63) is 0 Å². The molecule has 1 aliphatic rings. The van der Waals surface area contributed by atoms with Crippen LogP contribution in [0.5, 0.6) is 0 Å². The summed E-state index contributed by atoms with van der Waals surface area (Å²) in [6.45, 7) is 3.84. The van der Waals surface area contributed by atoms with Crippen LogP contribution in [0.1, 0.15) is 19.3 Å². The summed E-state index contributed by atoms with van der Waals surface area (Å²) in [6.07, 6.45) is 2.81. The van der Waals surface area contributed by atoms with Crippen molar-refractivity contribution >= 4 is 11.9 Å². The minimum atomic E-state index is -0.438. The molecule has 1 atom stereocenters. The number of rotatable bonds is 5. The second-order valence-electron chi connectivity index (χ2n) is 4.74. The minimum Gasteiger partial charge on any atom is -0.341 e. The highest BCUT2D eigenvalue weighted by atomic mass is 16.2. The Morgan fingerprint density at radius 1 is 1.33 bits per heavy atom. The van der Waals surface area contributed by atoms with Gasteiger partial charge in [-0.3, -0.25) is 10.1 Å². The molecular formula is C12H24N4O2. The average molecular weight is 256 g/mol. The standard InChI is InChI=1S/C12H24N4O2/c1-13-8-10-4-3-6-16(9-10)7-5-11(17)15-12(18)14-2/h10,13H,3-9H2,1-2H3,(H2,14,15,17,18). The van der Waals surface area contributed by atoms with E-state index >= 15 is 0 Å². The molecule has 0 radical (unpaired) electrons. The van der Waals surface area contributed by atoms with Crippen LogP contribution in [0.2, 0.25) is 0 Å². The van der Waals surface area contributed by atoms with E-state index in [1.807, 2.05) is 7.05 Å². The molecule has 0 spiro atoms. The number of nitrogens with zero attached hydrogens (tertiary/aromatic N) is 1. The van der Waals surface area contributed by atoms with Gasteiger partial charge in [0, 0.05) is 26.6 Å². The van der Waals surface area contributed by atoms with Crippen LogP contribution in [0, 0.1) is 5.92 Å². The Morgan fingerprint density at radius 3 is 2.78 bits per heavy atom. The zero-order valence-corrected chi connectivity index (χ0v) is 11.3. The van der Waals surface area contributed by atoms with Gasteiger partial charge in [0.15, 0.2) is 0 Å². The topological polar surface area (TPSA) is 73.5 Å². The van der Waals surface area contributed by atoms with Crippen molar-refractivity contribution in [3.8, 4) is 0 Å². The number of hydrogen-bond acceptors (Lipinski definition) is 4. The van der Waals surface area contributed by atoms with Crippen LogP contribution in [-0.4, -0.2) is 57.1 Å². The molecule has 6 heteroatoms. The van der Waals surface area contributed by atoms with Gasteiger partial charge in [-0.1, -0.05) is 0 Å². The molecule has 1 fully saturated rings. The van der Waals surface area contributed by atoms with Crippen LogP contribution in [-0.2, 0) is 4.79 Å². The Balaban J connectivity index is 2.21. The Kier molecular flexibility index (Phi) is 6.67. The smallest absolute Gasteiger partial charge is 0.321 e. The van der Waals surface area contributed by atoms with E-state index in [2.05, 4.69) is 20.9 Å². The highest BCUT2D eigenvalue weighted by molar-refractivity contribution is 5.94. The second kappa shape index (κ2) is 8.05. The number of carbonyl (C=O) groups is 2. The van der Waals surface area contributed by atoms with Crippen molar-refractivity contribution in [2.75, 3.05) is 40.3 Å². The molecule has 104 valence electrons. The van der Waals surface area contributed by atoms with Crippen molar-refractivity contribution in [2.24, 2.45) is 5.92 Å². The molecule has 0 bridgehead atoms. The molecular weight excluding hydrogens is 232 g/mol. The molecule has 0 aromatic rings. The predicted octanol–water partition coefficient (Wildman–Crippen LogP) is -0.236. The van der Waals surface area contributed by atoms with Crippen LogP contribution in [0.3, 0.4) is 0 Å². The summed E-state index contributed by atoms with van der Waals surface area (Å²) in [4.78, 5) is 24.7. The molecule has 1 saturated heterocycles. The van der Waals surface area contributed by atoms with Gasteiger partial charge in [0.2, 0.25) is 5.91 Å². The summed E-state index contributed by atoms with van der Waals surface area (Å²) in [6, 6.07) is -0.438. The fraction of sp³-hybridized carbons (Fsp3) is 0.833. The lowest BCUT2D eigenvalue weighted by Crippen LogP contribution is -2.42. The van der Waals surface area contributed by atoms with Gasteiger partial charge >= 0.3 is 6.03 Å². The van der Waals surface area contributed by atoms with Gasteiger partial charge in [-0.25, -0.2) is 4.79 Å². The number of carbonyl (C=O) groups excluding carboxylic acids is 2. The number of likely N-dealkylation sites (tertiary alicyclic amines) is 1. The normalized spacial score (nSPS) is 20.4. The van der Waals surface area contributed by atoms with Crippen molar-refractivity contribution in [1.82, 2.24) is 20.9 Å². The van der Waals surface area contributed by atoms with E-state index in [0.717, 1.165) is 26.2 Å². The molecule has 3 N–H and O–H groups in total. The highest BCUT2D eigenvalue weighted by Gasteiger charge is 2.19. The largest absolute Gasteiger partial charge is 0.341 e. The number of hydrogen-bond donors (Lipinski definition) is 3. The lowest BCUT2D eigenvalue weighted by Gasteiger charge is -2.32. The van der Waals surface area contributed by atoms with E-state index in [0.29, 0.717) is 12.3 Å². The average Bonchev–Trinajstić information content (AvgIpc) is 2.37. The molecule has 1 unspecified atom stereocenters. The van der Waals surface area contributed by atoms with Crippen molar-refractivity contribution in [2.45, 2.75) is 19.3 Å². The number of urea groups is 1. The van der Waals surface area contributed by atoms with E-state index in [9.17, 15) is 9.59 Å². The van der Waals surface area contributed by atoms with Gasteiger partial charge in [0.05, 0.1) is 0 Å². The van der Waals surface area contributed by atoms with Gasteiger partial charge in [-0.15, -0.1) is 0 Å². The minimum absolute atomic E-state index is 0.218. The molecule has 1 aliphatic heterocycles. The maximum atomic E-state index is 11.5. The van der Waals surface area contributed by atoms with Crippen molar-refractivity contribution < 1.29 is 9.59 Å². The van der Waals surface area contributed by atoms with E-state index < -0.39 is 6.03 Å². The third-order valence-electron chi connectivity index (χ3n) is 3.23. The quantitative estimate of drug-likeness (QED) is 0.635. The lowest BCUT2D eigenvalue weighted by atomic mass is 9.98. The summed E-state index contributed by atoms with van der Waals surface area (Å²) in [5, 5.41) is 7.84. The number of piperidine rings is 1. The molecule has 18 heavy (non-hydrogen) atoms. The van der Waals surface area contributed by atoms with Crippen LogP contribution in [0.15, 0.2) is 0 Å². The van der Waals surface area contributed by atoms with E-state index in [4.69, 9.17) is 0 Å². The van der Waals surface area contributed by atoms with Gasteiger partial charge in [0.1, 0.15) is 0 Å². The third-order valence-corrected chi connectivity index (χ3v) is 3.23. The second-order valence-corrected chi connectivity index (χ2v) is 4.74. The fourth-order valence-corrected chi connectivity index (χ4v) is 2.32. The van der Waals surface area contributed by atoms with Crippen LogP contribution >= 0.6 is 0 Å².